The maximum Gasteiger partial charge on any atom is 0.202 e. The normalized spacial score (nSPS) is 11.3. The van der Waals surface area contributed by atoms with Crippen LogP contribution < -0.4 is 10.2 Å². The lowest BCUT2D eigenvalue weighted by atomic mass is 10.3. The highest BCUT2D eigenvalue weighted by molar-refractivity contribution is 5.78. The van der Waals surface area contributed by atoms with Crippen LogP contribution in [0, 0.1) is 0 Å². The smallest absolute Gasteiger partial charge is 0.202 e. The second kappa shape index (κ2) is 2.73. The standard InChI is InChI=1S/C12H9NO2/c1-15-12-7-8-3-2-4-9-11(14)6-5-10(12)13(8)9/h2-7H,1H3. The third kappa shape index (κ3) is 0.973. The number of hydrogen-bond acceptors (Lipinski definition) is 2. The maximum atomic E-state index is 11.6. The first-order chi connectivity index (χ1) is 7.31. The van der Waals surface area contributed by atoms with Gasteiger partial charge in [0.15, 0.2) is 0 Å². The molecule has 0 unspecified atom stereocenters. The Balaban J connectivity index is 2.67. The van der Waals surface area contributed by atoms with Crippen LogP contribution in [0.5, 0.6) is 5.75 Å². The Morgan fingerprint density at radius 3 is 2.80 bits per heavy atom. The number of hydrogen-bond donors (Lipinski definition) is 0. The van der Waals surface area contributed by atoms with Crippen molar-refractivity contribution in [3.63, 3.8) is 0 Å². The zero-order valence-corrected chi connectivity index (χ0v) is 8.23. The summed E-state index contributed by atoms with van der Waals surface area (Å²) < 4.78 is 7.18. The summed E-state index contributed by atoms with van der Waals surface area (Å²) in [5.41, 5.74) is 2.64. The molecule has 15 heavy (non-hydrogen) atoms. The molecule has 0 spiro atoms. The summed E-state index contributed by atoms with van der Waals surface area (Å²) in [4.78, 5) is 11.6. The van der Waals surface area contributed by atoms with Crippen molar-refractivity contribution in [2.24, 2.45) is 0 Å². The van der Waals surface area contributed by atoms with E-state index < -0.39 is 0 Å². The zero-order chi connectivity index (χ0) is 10.4. The van der Waals surface area contributed by atoms with E-state index in [2.05, 4.69) is 0 Å². The molecule has 0 aliphatic rings. The molecule has 0 amide bonds. The summed E-state index contributed by atoms with van der Waals surface area (Å²) in [7, 11) is 1.63. The lowest BCUT2D eigenvalue weighted by Crippen LogP contribution is -2.04. The average molecular weight is 199 g/mol. The first-order valence-electron chi connectivity index (χ1n) is 4.72. The molecule has 74 valence electrons. The average Bonchev–Trinajstić information content (AvgIpc) is 2.63. The van der Waals surface area contributed by atoms with Crippen LogP contribution in [-0.2, 0) is 0 Å². The molecule has 3 heterocycles. The van der Waals surface area contributed by atoms with Gasteiger partial charge in [0.1, 0.15) is 5.75 Å². The zero-order valence-electron chi connectivity index (χ0n) is 8.23. The van der Waals surface area contributed by atoms with Crippen LogP contribution in [0.3, 0.4) is 0 Å². The molecule has 3 aromatic heterocycles. The molecule has 0 fully saturated rings. The van der Waals surface area contributed by atoms with Crippen LogP contribution in [0.25, 0.3) is 16.6 Å². The van der Waals surface area contributed by atoms with Crippen LogP contribution in [0.4, 0.5) is 0 Å². The molecule has 3 aromatic rings. The minimum atomic E-state index is 0.0337. The Morgan fingerprint density at radius 1 is 1.13 bits per heavy atom. The Kier molecular flexibility index (Phi) is 1.51. The molecule has 0 radical (unpaired) electrons. The van der Waals surface area contributed by atoms with Gasteiger partial charge in [-0.2, -0.15) is 0 Å². The summed E-state index contributed by atoms with van der Waals surface area (Å²) >= 11 is 0. The van der Waals surface area contributed by atoms with Crippen LogP contribution in [0.2, 0.25) is 0 Å². The van der Waals surface area contributed by atoms with Gasteiger partial charge in [-0.15, -0.1) is 0 Å². The van der Waals surface area contributed by atoms with Gasteiger partial charge in [0.05, 0.1) is 23.7 Å². The van der Waals surface area contributed by atoms with Gasteiger partial charge in [-0.1, -0.05) is 6.07 Å². The first-order valence-corrected chi connectivity index (χ1v) is 4.72. The van der Waals surface area contributed by atoms with Crippen molar-refractivity contribution in [3.05, 3.63) is 46.6 Å². The van der Waals surface area contributed by atoms with E-state index in [-0.39, 0.29) is 5.43 Å². The summed E-state index contributed by atoms with van der Waals surface area (Å²) in [5, 5.41) is 0. The van der Waals surface area contributed by atoms with Crippen LogP contribution in [0.15, 0.2) is 41.2 Å². The highest BCUT2D eigenvalue weighted by Crippen LogP contribution is 2.26. The van der Waals surface area contributed by atoms with Gasteiger partial charge < -0.3 is 9.14 Å². The molecule has 0 aliphatic carbocycles. The molecule has 0 N–H and O–H groups in total. The van der Waals surface area contributed by atoms with Gasteiger partial charge in [-0.25, -0.2) is 0 Å². The minimum absolute atomic E-state index is 0.0337. The van der Waals surface area contributed by atoms with E-state index in [1.165, 1.54) is 0 Å². The molecule has 0 aliphatic heterocycles. The van der Waals surface area contributed by atoms with Crippen molar-refractivity contribution >= 4 is 16.6 Å². The minimum Gasteiger partial charge on any atom is -0.494 e. The number of methoxy groups -OCH3 is 1. The van der Waals surface area contributed by atoms with E-state index in [1.54, 1.807) is 19.2 Å². The van der Waals surface area contributed by atoms with E-state index in [0.717, 1.165) is 16.8 Å². The Hall–Kier alpha value is -2.03. The molecule has 3 rings (SSSR count). The predicted octanol–water partition coefficient (Wildman–Crippen LogP) is 1.90. The molecule has 0 bridgehead atoms. The SMILES string of the molecule is COc1cc2cccc3c(=O)ccc1n23. The van der Waals surface area contributed by atoms with Crippen molar-refractivity contribution in [3.8, 4) is 5.75 Å². The van der Waals surface area contributed by atoms with Gasteiger partial charge in [-0.3, -0.25) is 4.79 Å². The molecule has 0 atom stereocenters. The fraction of sp³-hybridized carbons (Fsp3) is 0.0833. The molecule has 0 saturated heterocycles. The Bertz CT molecular complexity index is 684. The van der Waals surface area contributed by atoms with Crippen LogP contribution in [0.1, 0.15) is 0 Å². The topological polar surface area (TPSA) is 30.7 Å². The summed E-state index contributed by atoms with van der Waals surface area (Å²) in [6, 6.07) is 11.0. The quantitative estimate of drug-likeness (QED) is 0.599. The summed E-state index contributed by atoms with van der Waals surface area (Å²) in [6.45, 7) is 0. The largest absolute Gasteiger partial charge is 0.494 e. The summed E-state index contributed by atoms with van der Waals surface area (Å²) in [5.74, 6) is 0.797. The van der Waals surface area contributed by atoms with Gasteiger partial charge >= 0.3 is 0 Å². The van der Waals surface area contributed by atoms with Gasteiger partial charge in [-0.05, 0) is 24.3 Å². The second-order valence-corrected chi connectivity index (χ2v) is 3.47. The fourth-order valence-corrected chi connectivity index (χ4v) is 1.98. The molecule has 0 saturated carbocycles. The van der Waals surface area contributed by atoms with E-state index in [0.29, 0.717) is 5.52 Å². The van der Waals surface area contributed by atoms with Crippen LogP contribution >= 0.6 is 0 Å². The van der Waals surface area contributed by atoms with E-state index in [1.807, 2.05) is 28.7 Å². The fourth-order valence-electron chi connectivity index (χ4n) is 1.98. The third-order valence-electron chi connectivity index (χ3n) is 2.66. The van der Waals surface area contributed by atoms with Crippen molar-refractivity contribution in [1.82, 2.24) is 4.40 Å². The molecule has 0 aromatic carbocycles. The van der Waals surface area contributed by atoms with E-state index in [9.17, 15) is 4.79 Å². The predicted molar refractivity (Wildman–Crippen MR) is 58.9 cm³/mol. The number of ether oxygens (including phenoxy) is 1. The monoisotopic (exact) mass is 199 g/mol. The summed E-state index contributed by atoms with van der Waals surface area (Å²) in [6.07, 6.45) is 0. The van der Waals surface area contributed by atoms with E-state index in [4.69, 9.17) is 4.74 Å². The number of nitrogens with zero attached hydrogens (tertiary/aromatic N) is 1. The third-order valence-corrected chi connectivity index (χ3v) is 2.66. The van der Waals surface area contributed by atoms with Gasteiger partial charge in [0.2, 0.25) is 5.43 Å². The lowest BCUT2D eigenvalue weighted by molar-refractivity contribution is 0.420. The van der Waals surface area contributed by atoms with Crippen molar-refractivity contribution < 1.29 is 4.74 Å². The van der Waals surface area contributed by atoms with Gasteiger partial charge in [0.25, 0.3) is 0 Å². The van der Waals surface area contributed by atoms with Crippen molar-refractivity contribution in [2.45, 2.75) is 0 Å². The molecule has 3 nitrogen and oxygen atoms in total. The molecular formula is C12H9NO2. The van der Waals surface area contributed by atoms with Crippen molar-refractivity contribution in [1.29, 1.82) is 0 Å². The van der Waals surface area contributed by atoms with Crippen molar-refractivity contribution in [2.75, 3.05) is 7.11 Å². The lowest BCUT2D eigenvalue weighted by Gasteiger charge is -2.01. The number of aromatic nitrogens is 1. The molecule has 3 heteroatoms. The first kappa shape index (κ1) is 8.29. The molecular weight excluding hydrogens is 190 g/mol. The number of pyridine rings is 2. The Morgan fingerprint density at radius 2 is 2.00 bits per heavy atom. The second-order valence-electron chi connectivity index (χ2n) is 3.47. The maximum absolute atomic E-state index is 11.6. The van der Waals surface area contributed by atoms with Gasteiger partial charge in [0, 0.05) is 6.07 Å². The van der Waals surface area contributed by atoms with Crippen LogP contribution in [-0.4, -0.2) is 11.5 Å². The number of rotatable bonds is 1. The Labute approximate surface area is 85.9 Å². The highest BCUT2D eigenvalue weighted by atomic mass is 16.5. The van der Waals surface area contributed by atoms with E-state index >= 15 is 0 Å². The highest BCUT2D eigenvalue weighted by Gasteiger charge is 2.09.